The molecule has 38 heavy (non-hydrogen) atoms. The van der Waals surface area contributed by atoms with E-state index in [0.29, 0.717) is 40.6 Å². The average Bonchev–Trinajstić information content (AvgIpc) is 3.19. The fourth-order valence-electron chi connectivity index (χ4n) is 5.50. The number of carbonyl (C=O) groups is 1. The Bertz CT molecular complexity index is 1660. The summed E-state index contributed by atoms with van der Waals surface area (Å²) in [6.07, 6.45) is 8.90. The van der Waals surface area contributed by atoms with Crippen molar-refractivity contribution in [3.8, 4) is 23.6 Å². The molecule has 0 unspecified atom stereocenters. The Labute approximate surface area is 218 Å². The molecule has 2 aromatic heterocycles. The highest BCUT2D eigenvalue weighted by molar-refractivity contribution is 6.02. The number of carbonyl (C=O) groups excluding carboxylic acids is 1. The van der Waals surface area contributed by atoms with E-state index in [1.807, 2.05) is 20.8 Å². The third-order valence-corrected chi connectivity index (χ3v) is 7.19. The van der Waals surface area contributed by atoms with Gasteiger partial charge in [-0.05, 0) is 38.6 Å². The van der Waals surface area contributed by atoms with Crippen molar-refractivity contribution in [2.45, 2.75) is 44.9 Å². The molecular weight excluding hydrogens is 488 g/mol. The summed E-state index contributed by atoms with van der Waals surface area (Å²) in [5.41, 5.74) is 0.0287. The lowest BCUT2D eigenvalue weighted by molar-refractivity contribution is 0.0193. The van der Waals surface area contributed by atoms with Crippen LogP contribution < -0.4 is 4.90 Å². The van der Waals surface area contributed by atoms with Gasteiger partial charge in [-0.1, -0.05) is 30.2 Å². The molecule has 2 aliphatic heterocycles. The van der Waals surface area contributed by atoms with Gasteiger partial charge in [0.05, 0.1) is 23.0 Å². The van der Waals surface area contributed by atoms with Gasteiger partial charge in [0.1, 0.15) is 34.8 Å². The SMILES string of the molecule is C#Cc1c(F)ccc2cccc(-c3ncc4c(N5C[C@@H]6[C@H]5CCN6C(=O)OC(C)(C)C)ncnc4c3F)c12. The van der Waals surface area contributed by atoms with Gasteiger partial charge >= 0.3 is 6.09 Å². The first-order valence-electron chi connectivity index (χ1n) is 12.4. The molecule has 0 aliphatic carbocycles. The average molecular weight is 514 g/mol. The van der Waals surface area contributed by atoms with E-state index in [9.17, 15) is 9.18 Å². The van der Waals surface area contributed by atoms with Gasteiger partial charge in [-0.3, -0.25) is 4.98 Å². The van der Waals surface area contributed by atoms with E-state index in [1.165, 1.54) is 12.4 Å². The number of likely N-dealkylation sites (tertiary alicyclic amines) is 1. The zero-order chi connectivity index (χ0) is 26.8. The predicted octanol–water partition coefficient (Wildman–Crippen LogP) is 5.30. The van der Waals surface area contributed by atoms with Crippen molar-refractivity contribution >= 4 is 33.6 Å². The highest BCUT2D eigenvalue weighted by atomic mass is 19.1. The summed E-state index contributed by atoms with van der Waals surface area (Å²) in [5, 5.41) is 1.57. The Morgan fingerprint density at radius 2 is 1.95 bits per heavy atom. The van der Waals surface area contributed by atoms with Crippen molar-refractivity contribution in [2.75, 3.05) is 18.0 Å². The standard InChI is InChI=1S/C29H25F2N5O2/c1-5-17-20(30)10-9-16-7-6-8-18(23(16)17)25-24(31)26-19(13-32-25)27(34-15-33-26)36-14-22-21(36)11-12-35(22)28(37)38-29(2,3)4/h1,6-10,13,15,21-22H,11-12,14H2,2-4H3/t21-,22-/m1/s1. The number of aromatic nitrogens is 3. The number of hydrogen-bond donors (Lipinski definition) is 0. The Kier molecular flexibility index (Phi) is 5.45. The molecule has 4 heterocycles. The van der Waals surface area contributed by atoms with Gasteiger partial charge in [-0.2, -0.15) is 0 Å². The van der Waals surface area contributed by atoms with Crippen LogP contribution >= 0.6 is 0 Å². The van der Waals surface area contributed by atoms with E-state index < -0.39 is 17.2 Å². The lowest BCUT2D eigenvalue weighted by atomic mass is 9.95. The molecule has 4 aromatic rings. The Hall–Kier alpha value is -4.32. The largest absolute Gasteiger partial charge is 0.444 e. The third-order valence-electron chi connectivity index (χ3n) is 7.19. The summed E-state index contributed by atoms with van der Waals surface area (Å²) in [7, 11) is 0. The Morgan fingerprint density at radius 3 is 2.71 bits per heavy atom. The number of hydrogen-bond acceptors (Lipinski definition) is 6. The molecule has 2 saturated heterocycles. The monoisotopic (exact) mass is 513 g/mol. The number of fused-ring (bicyclic) bond motifs is 3. The number of benzene rings is 2. The zero-order valence-electron chi connectivity index (χ0n) is 21.2. The van der Waals surface area contributed by atoms with E-state index in [0.717, 1.165) is 6.42 Å². The maximum absolute atomic E-state index is 16.0. The number of anilines is 1. The van der Waals surface area contributed by atoms with Crippen LogP contribution in [0.5, 0.6) is 0 Å². The van der Waals surface area contributed by atoms with Gasteiger partial charge < -0.3 is 14.5 Å². The molecule has 0 spiro atoms. The molecule has 2 atom stereocenters. The molecular formula is C29H25F2N5O2. The highest BCUT2D eigenvalue weighted by Crippen LogP contribution is 2.40. The second-order valence-corrected chi connectivity index (χ2v) is 10.6. The van der Waals surface area contributed by atoms with E-state index in [4.69, 9.17) is 11.2 Å². The molecule has 2 aromatic carbocycles. The number of ether oxygens (including phenoxy) is 1. The number of terminal acetylenes is 1. The van der Waals surface area contributed by atoms with E-state index in [2.05, 4.69) is 25.8 Å². The maximum atomic E-state index is 16.0. The topological polar surface area (TPSA) is 71.5 Å². The fraction of sp³-hybridized carbons (Fsp3) is 0.310. The van der Waals surface area contributed by atoms with Gasteiger partial charge in [-0.15, -0.1) is 6.42 Å². The van der Waals surface area contributed by atoms with Crippen molar-refractivity contribution < 1.29 is 18.3 Å². The zero-order valence-corrected chi connectivity index (χ0v) is 21.2. The quantitative estimate of drug-likeness (QED) is 0.339. The number of rotatable bonds is 2. The minimum atomic E-state index is -0.634. The number of amides is 1. The molecule has 9 heteroatoms. The van der Waals surface area contributed by atoms with Gasteiger partial charge in [0, 0.05) is 30.2 Å². The molecule has 0 saturated carbocycles. The van der Waals surface area contributed by atoms with E-state index in [1.54, 1.807) is 35.4 Å². The normalized spacial score (nSPS) is 18.8. The molecule has 7 nitrogen and oxygen atoms in total. The first-order valence-corrected chi connectivity index (χ1v) is 12.4. The van der Waals surface area contributed by atoms with Crippen molar-refractivity contribution in [2.24, 2.45) is 0 Å². The van der Waals surface area contributed by atoms with Crippen LogP contribution in [-0.2, 0) is 4.74 Å². The number of nitrogens with zero attached hydrogens (tertiary/aromatic N) is 5. The van der Waals surface area contributed by atoms with Crippen molar-refractivity contribution in [1.82, 2.24) is 19.9 Å². The van der Waals surface area contributed by atoms with Crippen molar-refractivity contribution in [3.05, 3.63) is 60.1 Å². The van der Waals surface area contributed by atoms with Crippen LogP contribution in [0.2, 0.25) is 0 Å². The molecule has 0 radical (unpaired) electrons. The number of pyridine rings is 1. The molecule has 1 amide bonds. The summed E-state index contributed by atoms with van der Waals surface area (Å²) in [4.78, 5) is 29.6. The molecule has 0 N–H and O–H groups in total. The minimum Gasteiger partial charge on any atom is -0.444 e. The second-order valence-electron chi connectivity index (χ2n) is 10.6. The summed E-state index contributed by atoms with van der Waals surface area (Å²) >= 11 is 0. The van der Waals surface area contributed by atoms with Crippen LogP contribution in [0.15, 0.2) is 42.9 Å². The van der Waals surface area contributed by atoms with Crippen LogP contribution in [0.25, 0.3) is 32.9 Å². The smallest absolute Gasteiger partial charge is 0.410 e. The van der Waals surface area contributed by atoms with Gasteiger partial charge in [-0.25, -0.2) is 23.5 Å². The minimum absolute atomic E-state index is 0.000270. The Balaban J connectivity index is 1.37. The van der Waals surface area contributed by atoms with Crippen molar-refractivity contribution in [1.29, 1.82) is 0 Å². The predicted molar refractivity (Wildman–Crippen MR) is 141 cm³/mol. The van der Waals surface area contributed by atoms with Crippen LogP contribution in [0, 0.1) is 24.0 Å². The summed E-state index contributed by atoms with van der Waals surface area (Å²) in [6.45, 7) is 6.66. The Morgan fingerprint density at radius 1 is 1.13 bits per heavy atom. The lowest BCUT2D eigenvalue weighted by Gasteiger charge is -2.47. The molecule has 192 valence electrons. The van der Waals surface area contributed by atoms with Gasteiger partial charge in [0.25, 0.3) is 0 Å². The molecule has 2 fully saturated rings. The third kappa shape index (κ3) is 3.71. The summed E-state index contributed by atoms with van der Waals surface area (Å²) < 4.78 is 36.1. The second kappa shape index (κ2) is 8.62. The summed E-state index contributed by atoms with van der Waals surface area (Å²) in [6, 6.07) is 8.17. The molecule has 6 rings (SSSR count). The summed E-state index contributed by atoms with van der Waals surface area (Å²) in [5.74, 6) is 1.77. The van der Waals surface area contributed by atoms with Gasteiger partial charge in [0.15, 0.2) is 5.82 Å². The van der Waals surface area contributed by atoms with Crippen LogP contribution in [0.4, 0.5) is 19.4 Å². The number of halogens is 2. The van der Waals surface area contributed by atoms with E-state index in [-0.39, 0.29) is 35.0 Å². The van der Waals surface area contributed by atoms with E-state index >= 15 is 4.39 Å². The van der Waals surface area contributed by atoms with Crippen LogP contribution in [0.3, 0.4) is 0 Å². The van der Waals surface area contributed by atoms with Crippen LogP contribution in [-0.4, -0.2) is 56.7 Å². The highest BCUT2D eigenvalue weighted by Gasteiger charge is 2.50. The maximum Gasteiger partial charge on any atom is 0.410 e. The lowest BCUT2D eigenvalue weighted by Crippen LogP contribution is -2.63. The van der Waals surface area contributed by atoms with Crippen LogP contribution in [0.1, 0.15) is 32.8 Å². The first-order chi connectivity index (χ1) is 18.2. The van der Waals surface area contributed by atoms with Gasteiger partial charge in [0.2, 0.25) is 0 Å². The molecule has 2 aliphatic rings. The van der Waals surface area contributed by atoms with Crippen molar-refractivity contribution in [3.63, 3.8) is 0 Å². The first kappa shape index (κ1) is 24.0. The fourth-order valence-corrected chi connectivity index (χ4v) is 5.50. The molecule has 0 bridgehead atoms.